The number of ether oxygens (including phenoxy) is 2. The fraction of sp³-hybridized carbons (Fsp3) is 0.414. The van der Waals surface area contributed by atoms with Crippen LogP contribution in [0.1, 0.15) is 88.8 Å². The predicted octanol–water partition coefficient (Wildman–Crippen LogP) is 5.71. The van der Waals surface area contributed by atoms with Gasteiger partial charge in [-0.15, -0.1) is 6.58 Å². The van der Waals surface area contributed by atoms with Gasteiger partial charge in [-0.1, -0.05) is 62.4 Å². The number of nitrogens with one attached hydrogen (secondary N) is 1. The average Bonchev–Trinajstić information content (AvgIpc) is 3.16. The number of aryl methyl sites for hydroxylation is 1. The molecule has 6 nitrogen and oxygen atoms in total. The lowest BCUT2D eigenvalue weighted by Gasteiger charge is -2.12. The lowest BCUT2D eigenvalue weighted by atomic mass is 10.0. The summed E-state index contributed by atoms with van der Waals surface area (Å²) in [6, 6.07) is 10.8. The highest BCUT2D eigenvalue weighted by molar-refractivity contribution is 6.22. The van der Waals surface area contributed by atoms with Gasteiger partial charge in [0.2, 0.25) is 0 Å². The van der Waals surface area contributed by atoms with E-state index in [-0.39, 0.29) is 18.6 Å². The summed E-state index contributed by atoms with van der Waals surface area (Å²) < 4.78 is 11.0. The number of esters is 1. The molecule has 2 amide bonds. The standard InChI is InChI=1S/C29H35NO5/c1-3-4-5-6-7-8-9-10-11-13-22-17-16-21(18-25(22)34-2)20-35-26(31)19-23-14-12-15-24-27(23)29(33)30-28(24)32/h3,12,14-18H,1,4-11,13,19-20H2,2H3,(H,30,32,33). The topological polar surface area (TPSA) is 81.7 Å². The smallest absolute Gasteiger partial charge is 0.310 e. The minimum Gasteiger partial charge on any atom is -0.496 e. The van der Waals surface area contributed by atoms with Gasteiger partial charge in [0.05, 0.1) is 24.7 Å². The summed E-state index contributed by atoms with van der Waals surface area (Å²) >= 11 is 0. The van der Waals surface area contributed by atoms with Crippen LogP contribution < -0.4 is 10.1 Å². The molecule has 35 heavy (non-hydrogen) atoms. The number of methoxy groups -OCH3 is 1. The number of hydrogen-bond acceptors (Lipinski definition) is 5. The summed E-state index contributed by atoms with van der Waals surface area (Å²) in [5, 5.41) is 2.26. The molecule has 0 saturated heterocycles. The zero-order valence-electron chi connectivity index (χ0n) is 20.6. The molecule has 0 radical (unpaired) electrons. The third-order valence-corrected chi connectivity index (χ3v) is 6.29. The Hall–Kier alpha value is -3.41. The number of allylic oxidation sites excluding steroid dienone is 1. The van der Waals surface area contributed by atoms with Crippen molar-refractivity contribution >= 4 is 17.8 Å². The third kappa shape index (κ3) is 7.54. The van der Waals surface area contributed by atoms with Gasteiger partial charge < -0.3 is 9.47 Å². The number of hydrogen-bond donors (Lipinski definition) is 1. The number of fused-ring (bicyclic) bond motifs is 1. The van der Waals surface area contributed by atoms with Crippen molar-refractivity contribution in [1.29, 1.82) is 0 Å². The van der Waals surface area contributed by atoms with Crippen LogP contribution in [0.3, 0.4) is 0 Å². The second kappa shape index (κ2) is 13.5. The van der Waals surface area contributed by atoms with E-state index >= 15 is 0 Å². The summed E-state index contributed by atoms with van der Waals surface area (Å²) in [5.41, 5.74) is 3.03. The first-order valence-corrected chi connectivity index (χ1v) is 12.4. The summed E-state index contributed by atoms with van der Waals surface area (Å²) in [7, 11) is 1.65. The highest BCUT2D eigenvalue weighted by Gasteiger charge is 2.29. The van der Waals surface area contributed by atoms with Gasteiger partial charge >= 0.3 is 5.97 Å². The van der Waals surface area contributed by atoms with E-state index in [1.54, 1.807) is 25.3 Å². The first-order chi connectivity index (χ1) is 17.0. The Morgan fingerprint density at radius 2 is 1.69 bits per heavy atom. The highest BCUT2D eigenvalue weighted by atomic mass is 16.5. The first-order valence-electron chi connectivity index (χ1n) is 12.4. The van der Waals surface area contributed by atoms with Crippen molar-refractivity contribution in [3.05, 3.63) is 76.9 Å². The Bertz CT molecular complexity index is 1060. The fourth-order valence-electron chi connectivity index (χ4n) is 4.38. The number of imide groups is 1. The molecule has 1 heterocycles. The van der Waals surface area contributed by atoms with Crippen LogP contribution in [0.25, 0.3) is 0 Å². The van der Waals surface area contributed by atoms with E-state index in [0.29, 0.717) is 11.1 Å². The van der Waals surface area contributed by atoms with E-state index in [2.05, 4.69) is 11.9 Å². The van der Waals surface area contributed by atoms with Gasteiger partial charge in [0, 0.05) is 0 Å². The summed E-state index contributed by atoms with van der Waals surface area (Å²) in [6.07, 6.45) is 12.7. The number of carbonyl (C=O) groups is 3. The van der Waals surface area contributed by atoms with Crippen LogP contribution in [0.15, 0.2) is 49.1 Å². The van der Waals surface area contributed by atoms with Crippen molar-refractivity contribution in [1.82, 2.24) is 5.32 Å². The van der Waals surface area contributed by atoms with Gasteiger partial charge in [0.15, 0.2) is 0 Å². The van der Waals surface area contributed by atoms with Gasteiger partial charge in [0.1, 0.15) is 12.4 Å². The number of carbonyl (C=O) groups excluding carboxylic acids is 3. The van der Waals surface area contributed by atoms with Crippen LogP contribution >= 0.6 is 0 Å². The van der Waals surface area contributed by atoms with Gasteiger partial charge in [-0.25, -0.2) is 0 Å². The molecule has 1 aliphatic rings. The molecule has 0 spiro atoms. The van der Waals surface area contributed by atoms with E-state index < -0.39 is 17.8 Å². The molecule has 186 valence electrons. The fourth-order valence-corrected chi connectivity index (χ4v) is 4.38. The van der Waals surface area contributed by atoms with E-state index in [1.807, 2.05) is 24.3 Å². The lowest BCUT2D eigenvalue weighted by molar-refractivity contribution is -0.144. The normalized spacial score (nSPS) is 12.3. The van der Waals surface area contributed by atoms with Crippen molar-refractivity contribution in [3.63, 3.8) is 0 Å². The Labute approximate surface area is 207 Å². The summed E-state index contributed by atoms with van der Waals surface area (Å²) in [4.78, 5) is 36.3. The van der Waals surface area contributed by atoms with Crippen molar-refractivity contribution in [3.8, 4) is 5.75 Å². The second-order valence-corrected chi connectivity index (χ2v) is 8.91. The predicted molar refractivity (Wildman–Crippen MR) is 136 cm³/mol. The summed E-state index contributed by atoms with van der Waals surface area (Å²) in [5.74, 6) is -0.569. The summed E-state index contributed by atoms with van der Waals surface area (Å²) in [6.45, 7) is 3.87. The minimum atomic E-state index is -0.475. The van der Waals surface area contributed by atoms with E-state index in [1.165, 1.54) is 38.5 Å². The van der Waals surface area contributed by atoms with Crippen LogP contribution in [0, 0.1) is 0 Å². The molecular formula is C29H35NO5. The second-order valence-electron chi connectivity index (χ2n) is 8.91. The molecule has 0 aliphatic carbocycles. The molecule has 1 aliphatic heterocycles. The van der Waals surface area contributed by atoms with Crippen LogP contribution in [0.2, 0.25) is 0 Å². The van der Waals surface area contributed by atoms with E-state index in [0.717, 1.165) is 36.1 Å². The van der Waals surface area contributed by atoms with Crippen molar-refractivity contribution in [2.75, 3.05) is 7.11 Å². The molecule has 0 bridgehead atoms. The maximum Gasteiger partial charge on any atom is 0.310 e. The number of benzene rings is 2. The third-order valence-electron chi connectivity index (χ3n) is 6.29. The zero-order chi connectivity index (χ0) is 25.0. The van der Waals surface area contributed by atoms with Crippen molar-refractivity contribution < 1.29 is 23.9 Å². The minimum absolute atomic E-state index is 0.0760. The van der Waals surface area contributed by atoms with Gasteiger partial charge in [-0.2, -0.15) is 0 Å². The Balaban J connectivity index is 1.44. The average molecular weight is 478 g/mol. The molecule has 0 saturated carbocycles. The van der Waals surface area contributed by atoms with Gasteiger partial charge in [-0.3, -0.25) is 19.7 Å². The number of rotatable bonds is 15. The Morgan fingerprint density at radius 3 is 2.43 bits per heavy atom. The lowest BCUT2D eigenvalue weighted by Crippen LogP contribution is -2.20. The van der Waals surface area contributed by atoms with Crippen LogP contribution in [0.5, 0.6) is 5.75 Å². The monoisotopic (exact) mass is 477 g/mol. The van der Waals surface area contributed by atoms with Crippen LogP contribution in [-0.4, -0.2) is 24.9 Å². The molecule has 1 N–H and O–H groups in total. The molecule has 6 heteroatoms. The molecule has 2 aromatic carbocycles. The van der Waals surface area contributed by atoms with Crippen molar-refractivity contribution in [2.45, 2.75) is 70.8 Å². The molecule has 0 fully saturated rings. The first kappa shape index (κ1) is 26.2. The maximum atomic E-state index is 12.4. The molecule has 0 aromatic heterocycles. The van der Waals surface area contributed by atoms with Crippen LogP contribution in [0.4, 0.5) is 0 Å². The molecule has 0 atom stereocenters. The SMILES string of the molecule is C=CCCCCCCCCCc1ccc(COC(=O)Cc2cccc3c2C(=O)NC3=O)cc1OC. The maximum absolute atomic E-state index is 12.4. The molecule has 3 rings (SSSR count). The molecule has 2 aromatic rings. The molecule has 0 unspecified atom stereocenters. The van der Waals surface area contributed by atoms with Gasteiger partial charge in [0.25, 0.3) is 11.8 Å². The Kier molecular flexibility index (Phi) is 10.1. The van der Waals surface area contributed by atoms with Crippen LogP contribution in [-0.2, 0) is 29.0 Å². The van der Waals surface area contributed by atoms with E-state index in [9.17, 15) is 14.4 Å². The Morgan fingerprint density at radius 1 is 0.943 bits per heavy atom. The largest absolute Gasteiger partial charge is 0.496 e. The quantitative estimate of drug-likeness (QED) is 0.154. The van der Waals surface area contributed by atoms with Gasteiger partial charge in [-0.05, 0) is 54.5 Å². The molecular weight excluding hydrogens is 442 g/mol. The van der Waals surface area contributed by atoms with E-state index in [4.69, 9.17) is 9.47 Å². The van der Waals surface area contributed by atoms with Crippen molar-refractivity contribution in [2.24, 2.45) is 0 Å². The zero-order valence-corrected chi connectivity index (χ0v) is 20.6. The number of amides is 2. The highest BCUT2D eigenvalue weighted by Crippen LogP contribution is 2.24. The number of unbranched alkanes of at least 4 members (excludes halogenated alkanes) is 7.